The average Bonchev–Trinajstić information content (AvgIpc) is 2.16. The Bertz CT molecular complexity index is 347. The summed E-state index contributed by atoms with van der Waals surface area (Å²) in [5.74, 6) is 0.675. The summed E-state index contributed by atoms with van der Waals surface area (Å²) >= 11 is 5.95. The highest BCUT2D eigenvalue weighted by Crippen LogP contribution is 2.34. The second-order valence-electron chi connectivity index (χ2n) is 4.74. The van der Waals surface area contributed by atoms with E-state index in [4.69, 9.17) is 22.1 Å². The zero-order valence-corrected chi connectivity index (χ0v) is 11.7. The summed E-state index contributed by atoms with van der Waals surface area (Å²) in [6.07, 6.45) is 0. The summed E-state index contributed by atoms with van der Waals surface area (Å²) in [6.45, 7) is 6.33. The van der Waals surface area contributed by atoms with Crippen molar-refractivity contribution in [2.24, 2.45) is 11.1 Å². The minimum Gasteiger partial charge on any atom is -0.495 e. The summed E-state index contributed by atoms with van der Waals surface area (Å²) in [4.78, 5) is 0. The maximum atomic E-state index is 6.15. The van der Waals surface area contributed by atoms with Gasteiger partial charge in [-0.2, -0.15) is 0 Å². The Morgan fingerprint density at radius 2 is 1.88 bits per heavy atom. The van der Waals surface area contributed by atoms with Crippen molar-refractivity contribution in [3.8, 4) is 5.75 Å². The van der Waals surface area contributed by atoms with E-state index in [1.807, 2.05) is 18.2 Å². The summed E-state index contributed by atoms with van der Waals surface area (Å²) in [5.41, 5.74) is 7.22. The van der Waals surface area contributed by atoms with Gasteiger partial charge in [-0.1, -0.05) is 38.4 Å². The molecule has 1 rings (SSSR count). The first-order valence-corrected chi connectivity index (χ1v) is 5.33. The highest BCUT2D eigenvalue weighted by molar-refractivity contribution is 6.32. The first-order chi connectivity index (χ1) is 6.86. The van der Waals surface area contributed by atoms with Gasteiger partial charge in [0.25, 0.3) is 0 Å². The van der Waals surface area contributed by atoms with Crippen LogP contribution in [-0.4, -0.2) is 7.11 Å². The normalized spacial score (nSPS) is 12.9. The van der Waals surface area contributed by atoms with Gasteiger partial charge >= 0.3 is 0 Å². The molecule has 1 aromatic carbocycles. The number of rotatable bonds is 2. The maximum absolute atomic E-state index is 6.15. The van der Waals surface area contributed by atoms with Crippen molar-refractivity contribution in [2.75, 3.05) is 7.11 Å². The van der Waals surface area contributed by atoms with Crippen molar-refractivity contribution in [3.63, 3.8) is 0 Å². The standard InChI is InChI=1S/C12H18ClNO.ClH/c1-12(2,3)11(14)8-5-6-9(13)10(7-8)15-4;/h5-7,11H,14H2,1-4H3;1H/t11-;/m0./s1. The molecule has 4 heteroatoms. The second kappa shape index (κ2) is 5.76. The van der Waals surface area contributed by atoms with Crippen molar-refractivity contribution in [2.45, 2.75) is 26.8 Å². The minimum atomic E-state index is -0.0244. The lowest BCUT2D eigenvalue weighted by molar-refractivity contribution is 0.325. The summed E-state index contributed by atoms with van der Waals surface area (Å²) in [5, 5.41) is 0.613. The van der Waals surface area contributed by atoms with E-state index in [0.717, 1.165) is 5.56 Å². The molecule has 0 aromatic heterocycles. The average molecular weight is 264 g/mol. The van der Waals surface area contributed by atoms with E-state index in [1.165, 1.54) is 0 Å². The van der Waals surface area contributed by atoms with Crippen LogP contribution in [0.25, 0.3) is 0 Å². The van der Waals surface area contributed by atoms with Gasteiger partial charge in [0, 0.05) is 6.04 Å². The molecule has 92 valence electrons. The van der Waals surface area contributed by atoms with Crippen molar-refractivity contribution >= 4 is 24.0 Å². The number of methoxy groups -OCH3 is 1. The van der Waals surface area contributed by atoms with Crippen LogP contribution in [0, 0.1) is 5.41 Å². The number of hydrogen-bond donors (Lipinski definition) is 1. The van der Waals surface area contributed by atoms with Crippen LogP contribution in [0.2, 0.25) is 5.02 Å². The van der Waals surface area contributed by atoms with E-state index in [0.29, 0.717) is 10.8 Å². The Morgan fingerprint density at radius 1 is 1.31 bits per heavy atom. The van der Waals surface area contributed by atoms with E-state index >= 15 is 0 Å². The predicted octanol–water partition coefficient (Wildman–Crippen LogP) is 3.82. The van der Waals surface area contributed by atoms with Crippen LogP contribution in [0.5, 0.6) is 5.75 Å². The molecule has 0 saturated carbocycles. The quantitative estimate of drug-likeness (QED) is 0.881. The highest BCUT2D eigenvalue weighted by Gasteiger charge is 2.22. The van der Waals surface area contributed by atoms with Gasteiger partial charge in [0.05, 0.1) is 12.1 Å². The van der Waals surface area contributed by atoms with Gasteiger partial charge < -0.3 is 10.5 Å². The Kier molecular flexibility index (Phi) is 5.60. The zero-order chi connectivity index (χ0) is 11.6. The SMILES string of the molecule is COc1cc([C@H](N)C(C)(C)C)ccc1Cl.Cl. The number of benzene rings is 1. The fraction of sp³-hybridized carbons (Fsp3) is 0.500. The van der Waals surface area contributed by atoms with Gasteiger partial charge in [-0.15, -0.1) is 12.4 Å². The summed E-state index contributed by atoms with van der Waals surface area (Å²) < 4.78 is 5.16. The second-order valence-corrected chi connectivity index (χ2v) is 5.14. The molecular weight excluding hydrogens is 245 g/mol. The van der Waals surface area contributed by atoms with Crippen LogP contribution < -0.4 is 10.5 Å². The summed E-state index contributed by atoms with van der Waals surface area (Å²) in [7, 11) is 1.60. The predicted molar refractivity (Wildman–Crippen MR) is 71.6 cm³/mol. The van der Waals surface area contributed by atoms with E-state index < -0.39 is 0 Å². The van der Waals surface area contributed by atoms with E-state index in [1.54, 1.807) is 7.11 Å². The van der Waals surface area contributed by atoms with Crippen LogP contribution in [-0.2, 0) is 0 Å². The molecule has 2 nitrogen and oxygen atoms in total. The van der Waals surface area contributed by atoms with Gasteiger partial charge in [0.2, 0.25) is 0 Å². The lowest BCUT2D eigenvalue weighted by Crippen LogP contribution is -2.26. The monoisotopic (exact) mass is 263 g/mol. The van der Waals surface area contributed by atoms with E-state index in [-0.39, 0.29) is 23.9 Å². The molecule has 0 unspecified atom stereocenters. The van der Waals surface area contributed by atoms with Crippen LogP contribution in [0.4, 0.5) is 0 Å². The third kappa shape index (κ3) is 3.55. The third-order valence-electron chi connectivity index (χ3n) is 2.47. The molecule has 1 aromatic rings. The molecule has 2 N–H and O–H groups in total. The number of ether oxygens (including phenoxy) is 1. The van der Waals surface area contributed by atoms with Crippen LogP contribution in [0.15, 0.2) is 18.2 Å². The molecule has 16 heavy (non-hydrogen) atoms. The van der Waals surface area contributed by atoms with Crippen LogP contribution >= 0.6 is 24.0 Å². The Hall–Kier alpha value is -0.440. The molecule has 0 spiro atoms. The molecule has 0 bridgehead atoms. The first kappa shape index (κ1) is 15.6. The van der Waals surface area contributed by atoms with E-state index in [2.05, 4.69) is 20.8 Å². The number of halogens is 2. The van der Waals surface area contributed by atoms with Crippen molar-refractivity contribution in [1.29, 1.82) is 0 Å². The first-order valence-electron chi connectivity index (χ1n) is 4.95. The lowest BCUT2D eigenvalue weighted by atomic mass is 9.83. The fourth-order valence-electron chi connectivity index (χ4n) is 1.37. The molecule has 0 heterocycles. The lowest BCUT2D eigenvalue weighted by Gasteiger charge is -2.27. The Morgan fingerprint density at radius 3 is 2.31 bits per heavy atom. The molecule has 0 aliphatic carbocycles. The van der Waals surface area contributed by atoms with Gasteiger partial charge in [-0.05, 0) is 23.1 Å². The molecule has 1 atom stereocenters. The maximum Gasteiger partial charge on any atom is 0.137 e. The smallest absolute Gasteiger partial charge is 0.137 e. The molecule has 0 fully saturated rings. The van der Waals surface area contributed by atoms with Crippen molar-refractivity contribution < 1.29 is 4.74 Å². The number of hydrogen-bond acceptors (Lipinski definition) is 2. The largest absolute Gasteiger partial charge is 0.495 e. The Balaban J connectivity index is 0.00000225. The summed E-state index contributed by atoms with van der Waals surface area (Å²) in [6, 6.07) is 5.64. The van der Waals surface area contributed by atoms with Crippen molar-refractivity contribution in [1.82, 2.24) is 0 Å². The topological polar surface area (TPSA) is 35.2 Å². The van der Waals surface area contributed by atoms with Crippen LogP contribution in [0.3, 0.4) is 0 Å². The number of nitrogens with two attached hydrogens (primary N) is 1. The molecule has 0 radical (unpaired) electrons. The zero-order valence-electron chi connectivity index (χ0n) is 10.1. The molecule has 0 aliphatic rings. The van der Waals surface area contributed by atoms with Crippen molar-refractivity contribution in [3.05, 3.63) is 28.8 Å². The van der Waals surface area contributed by atoms with Gasteiger partial charge in [-0.25, -0.2) is 0 Å². The fourth-order valence-corrected chi connectivity index (χ4v) is 1.56. The highest BCUT2D eigenvalue weighted by atomic mass is 35.5. The molecule has 0 aliphatic heterocycles. The third-order valence-corrected chi connectivity index (χ3v) is 2.78. The molecule has 0 saturated heterocycles. The van der Waals surface area contributed by atoms with Crippen LogP contribution in [0.1, 0.15) is 32.4 Å². The van der Waals surface area contributed by atoms with Gasteiger partial charge in [0.1, 0.15) is 5.75 Å². The molecule has 0 amide bonds. The van der Waals surface area contributed by atoms with Gasteiger partial charge in [0.15, 0.2) is 0 Å². The minimum absolute atomic E-state index is 0. The van der Waals surface area contributed by atoms with Gasteiger partial charge in [-0.3, -0.25) is 0 Å². The Labute approximate surface area is 109 Å². The van der Waals surface area contributed by atoms with E-state index in [9.17, 15) is 0 Å². The molecular formula is C12H19Cl2NO.